The molecule has 2 N–H and O–H groups in total. The van der Waals surface area contributed by atoms with Crippen molar-refractivity contribution < 1.29 is 8.42 Å². The van der Waals surface area contributed by atoms with E-state index in [-0.39, 0.29) is 17.5 Å². The van der Waals surface area contributed by atoms with E-state index in [9.17, 15) is 8.42 Å². The third-order valence-electron chi connectivity index (χ3n) is 1.92. The number of rotatable bonds is 6. The highest BCUT2D eigenvalue weighted by Gasteiger charge is 2.12. The molecule has 90 valence electrons. The van der Waals surface area contributed by atoms with Gasteiger partial charge in [0.15, 0.2) is 9.84 Å². The van der Waals surface area contributed by atoms with Crippen molar-refractivity contribution in [1.82, 2.24) is 0 Å². The topological polar surface area (TPSA) is 60.2 Å². The molecular weight excluding hydrogens is 242 g/mol. The van der Waals surface area contributed by atoms with Gasteiger partial charge in [-0.05, 0) is 19.1 Å². The number of hydrogen-bond acceptors (Lipinski definition) is 4. The smallest absolute Gasteiger partial charge is 0.152 e. The van der Waals surface area contributed by atoms with Gasteiger partial charge in [0.05, 0.1) is 11.5 Å². The summed E-state index contributed by atoms with van der Waals surface area (Å²) in [4.78, 5) is 1.10. The van der Waals surface area contributed by atoms with Crippen molar-refractivity contribution in [2.75, 3.05) is 17.3 Å². The average molecular weight is 259 g/mol. The van der Waals surface area contributed by atoms with E-state index in [1.165, 1.54) is 0 Å². The van der Waals surface area contributed by atoms with Crippen molar-refractivity contribution in [3.8, 4) is 0 Å². The Morgan fingerprint density at radius 1 is 1.31 bits per heavy atom. The van der Waals surface area contributed by atoms with Crippen LogP contribution in [-0.2, 0) is 9.84 Å². The van der Waals surface area contributed by atoms with Crippen LogP contribution in [0.25, 0.3) is 0 Å². The molecule has 1 atom stereocenters. The summed E-state index contributed by atoms with van der Waals surface area (Å²) in [5, 5.41) is 0. The molecule has 1 aromatic rings. The quantitative estimate of drug-likeness (QED) is 0.787. The molecule has 3 nitrogen and oxygen atoms in total. The first-order chi connectivity index (χ1) is 7.49. The summed E-state index contributed by atoms with van der Waals surface area (Å²) in [7, 11) is -3.00. The first-order valence-electron chi connectivity index (χ1n) is 5.13. The van der Waals surface area contributed by atoms with Crippen LogP contribution in [0.2, 0.25) is 0 Å². The van der Waals surface area contributed by atoms with Gasteiger partial charge in [0.25, 0.3) is 0 Å². The minimum atomic E-state index is -3.00. The first-order valence-corrected chi connectivity index (χ1v) is 7.94. The number of nitrogens with two attached hydrogens (primary N) is 1. The van der Waals surface area contributed by atoms with Gasteiger partial charge in [0, 0.05) is 16.7 Å². The highest BCUT2D eigenvalue weighted by molar-refractivity contribution is 8.00. The molecular formula is C11H17NO2S2. The molecule has 0 heterocycles. The summed E-state index contributed by atoms with van der Waals surface area (Å²) in [6.07, 6.45) is 0. The fourth-order valence-electron chi connectivity index (χ4n) is 1.29. The zero-order valence-corrected chi connectivity index (χ0v) is 10.9. The van der Waals surface area contributed by atoms with Crippen LogP contribution in [0, 0.1) is 0 Å². The third kappa shape index (κ3) is 5.53. The summed E-state index contributed by atoms with van der Waals surface area (Å²) in [5.41, 5.74) is 5.48. The summed E-state index contributed by atoms with van der Waals surface area (Å²) in [6, 6.07) is 9.49. The first kappa shape index (κ1) is 13.5. The number of sulfone groups is 1. The van der Waals surface area contributed by atoms with Crippen molar-refractivity contribution in [3.63, 3.8) is 0 Å². The molecule has 0 fully saturated rings. The molecule has 0 radical (unpaired) electrons. The standard InChI is InChI=1S/C11H17NO2S2/c1-10(12)9-16(13,14)8-7-15-11-5-3-2-4-6-11/h2-6,10H,7-9,12H2,1H3. The van der Waals surface area contributed by atoms with Crippen molar-refractivity contribution in [1.29, 1.82) is 0 Å². The lowest BCUT2D eigenvalue weighted by atomic mass is 10.4. The molecule has 1 aromatic carbocycles. The van der Waals surface area contributed by atoms with Gasteiger partial charge in [0.2, 0.25) is 0 Å². The van der Waals surface area contributed by atoms with Gasteiger partial charge in [-0.2, -0.15) is 0 Å². The zero-order chi connectivity index (χ0) is 12.0. The van der Waals surface area contributed by atoms with Crippen molar-refractivity contribution in [3.05, 3.63) is 30.3 Å². The van der Waals surface area contributed by atoms with Crippen LogP contribution in [0.1, 0.15) is 6.92 Å². The van der Waals surface area contributed by atoms with Gasteiger partial charge in [-0.15, -0.1) is 11.8 Å². The lowest BCUT2D eigenvalue weighted by molar-refractivity contribution is 0.591. The van der Waals surface area contributed by atoms with Crippen LogP contribution >= 0.6 is 11.8 Å². The molecule has 0 saturated heterocycles. The maximum Gasteiger partial charge on any atom is 0.152 e. The Morgan fingerprint density at radius 2 is 1.94 bits per heavy atom. The molecule has 0 saturated carbocycles. The van der Waals surface area contributed by atoms with Crippen LogP contribution in [0.15, 0.2) is 35.2 Å². The molecule has 1 rings (SSSR count). The Labute approximate surface area is 101 Å². The Balaban J connectivity index is 2.36. The van der Waals surface area contributed by atoms with E-state index in [1.54, 1.807) is 18.7 Å². The average Bonchev–Trinajstić information content (AvgIpc) is 2.16. The monoisotopic (exact) mass is 259 g/mol. The summed E-state index contributed by atoms with van der Waals surface area (Å²) in [6.45, 7) is 1.71. The van der Waals surface area contributed by atoms with E-state index >= 15 is 0 Å². The maximum atomic E-state index is 11.5. The van der Waals surface area contributed by atoms with E-state index in [0.29, 0.717) is 5.75 Å². The van der Waals surface area contributed by atoms with Gasteiger partial charge in [-0.3, -0.25) is 0 Å². The second-order valence-corrected chi connectivity index (χ2v) is 7.15. The second-order valence-electron chi connectivity index (χ2n) is 3.75. The lowest BCUT2D eigenvalue weighted by Crippen LogP contribution is -2.28. The molecule has 0 aliphatic heterocycles. The van der Waals surface area contributed by atoms with Gasteiger partial charge < -0.3 is 5.73 Å². The minimum absolute atomic E-state index is 0.0718. The van der Waals surface area contributed by atoms with Crippen LogP contribution in [0.3, 0.4) is 0 Å². The zero-order valence-electron chi connectivity index (χ0n) is 9.30. The number of benzene rings is 1. The normalized spacial score (nSPS) is 13.6. The fourth-order valence-corrected chi connectivity index (χ4v) is 4.19. The predicted molar refractivity (Wildman–Crippen MR) is 69.5 cm³/mol. The Bertz CT molecular complexity index is 401. The van der Waals surface area contributed by atoms with Gasteiger partial charge in [-0.1, -0.05) is 18.2 Å². The Morgan fingerprint density at radius 3 is 2.50 bits per heavy atom. The van der Waals surface area contributed by atoms with Gasteiger partial charge >= 0.3 is 0 Å². The number of thioether (sulfide) groups is 1. The van der Waals surface area contributed by atoms with Gasteiger partial charge in [0.1, 0.15) is 0 Å². The highest BCUT2D eigenvalue weighted by Crippen LogP contribution is 2.17. The molecule has 0 aliphatic carbocycles. The molecule has 1 unspecified atom stereocenters. The molecule has 0 amide bonds. The summed E-state index contributed by atoms with van der Waals surface area (Å²) < 4.78 is 23.1. The summed E-state index contributed by atoms with van der Waals surface area (Å²) >= 11 is 1.55. The van der Waals surface area contributed by atoms with Gasteiger partial charge in [-0.25, -0.2) is 8.42 Å². The molecule has 16 heavy (non-hydrogen) atoms. The van der Waals surface area contributed by atoms with Crippen LogP contribution in [-0.4, -0.2) is 31.7 Å². The second kappa shape index (κ2) is 6.27. The minimum Gasteiger partial charge on any atom is -0.327 e. The molecule has 0 aliphatic rings. The van der Waals surface area contributed by atoms with Crippen molar-refractivity contribution in [2.24, 2.45) is 5.73 Å². The maximum absolute atomic E-state index is 11.5. The van der Waals surface area contributed by atoms with Crippen LogP contribution in [0.5, 0.6) is 0 Å². The molecule has 0 bridgehead atoms. The Hall–Kier alpha value is -0.520. The van der Waals surface area contributed by atoms with E-state index in [1.807, 2.05) is 30.3 Å². The van der Waals surface area contributed by atoms with Crippen LogP contribution in [0.4, 0.5) is 0 Å². The third-order valence-corrected chi connectivity index (χ3v) is 5.06. The van der Waals surface area contributed by atoms with E-state index in [4.69, 9.17) is 5.73 Å². The van der Waals surface area contributed by atoms with Crippen LogP contribution < -0.4 is 5.73 Å². The molecule has 5 heteroatoms. The SMILES string of the molecule is CC(N)CS(=O)(=O)CCSc1ccccc1. The molecule has 0 aromatic heterocycles. The highest BCUT2D eigenvalue weighted by atomic mass is 32.2. The Kier molecular flexibility index (Phi) is 5.31. The van der Waals surface area contributed by atoms with E-state index in [0.717, 1.165) is 4.90 Å². The molecule has 0 spiro atoms. The lowest BCUT2D eigenvalue weighted by Gasteiger charge is -2.06. The number of hydrogen-bond donors (Lipinski definition) is 1. The van der Waals surface area contributed by atoms with E-state index < -0.39 is 9.84 Å². The predicted octanol–water partition coefficient (Wildman–Crippen LogP) is 1.54. The largest absolute Gasteiger partial charge is 0.327 e. The van der Waals surface area contributed by atoms with Crippen molar-refractivity contribution in [2.45, 2.75) is 17.9 Å². The van der Waals surface area contributed by atoms with E-state index in [2.05, 4.69) is 0 Å². The summed E-state index contributed by atoms with van der Waals surface area (Å²) in [5.74, 6) is 0.843. The van der Waals surface area contributed by atoms with Crippen molar-refractivity contribution >= 4 is 21.6 Å². The fraction of sp³-hybridized carbons (Fsp3) is 0.455.